The van der Waals surface area contributed by atoms with Gasteiger partial charge in [-0.25, -0.2) is 9.59 Å². The molecule has 1 aliphatic carbocycles. The number of amides is 2. The second kappa shape index (κ2) is 10.1. The number of hydrogen-bond acceptors (Lipinski definition) is 4. The third kappa shape index (κ3) is 5.63. The maximum atomic E-state index is 12.1. The average Bonchev–Trinajstić information content (AvgIpc) is 3.05. The molecule has 0 unspecified atom stereocenters. The molecule has 2 amide bonds. The van der Waals surface area contributed by atoms with Gasteiger partial charge in [-0.05, 0) is 34.6 Å². The minimum Gasteiger partial charge on any atom is -0.480 e. The first kappa shape index (κ1) is 22.3. The number of nitrogens with one attached hydrogen (secondary N) is 2. The number of benzene rings is 2. The lowest BCUT2D eigenvalue weighted by atomic mass is 9.98. The first-order chi connectivity index (χ1) is 14.9. The molecule has 0 radical (unpaired) electrons. The maximum Gasteiger partial charge on any atom is 0.407 e. The Morgan fingerprint density at radius 1 is 1.00 bits per heavy atom. The topological polar surface area (TPSA) is 105 Å². The van der Waals surface area contributed by atoms with Crippen LogP contribution in [0, 0.1) is 5.92 Å². The molecule has 7 nitrogen and oxygen atoms in total. The predicted molar refractivity (Wildman–Crippen MR) is 117 cm³/mol. The fraction of sp³-hybridized carbons (Fsp3) is 0.375. The number of ether oxygens (including phenoxy) is 1. The van der Waals surface area contributed by atoms with Gasteiger partial charge in [0.25, 0.3) is 0 Å². The van der Waals surface area contributed by atoms with Crippen LogP contribution in [0.2, 0.25) is 0 Å². The van der Waals surface area contributed by atoms with Crippen molar-refractivity contribution in [3.8, 4) is 11.1 Å². The first-order valence-corrected chi connectivity index (χ1v) is 10.5. The largest absolute Gasteiger partial charge is 0.480 e. The van der Waals surface area contributed by atoms with Gasteiger partial charge in [-0.3, -0.25) is 4.79 Å². The van der Waals surface area contributed by atoms with Crippen LogP contribution in [-0.4, -0.2) is 42.3 Å². The molecule has 2 aromatic carbocycles. The van der Waals surface area contributed by atoms with Crippen LogP contribution in [-0.2, 0) is 14.3 Å². The molecule has 0 aromatic heterocycles. The minimum absolute atomic E-state index is 0.0218. The Kier molecular flexibility index (Phi) is 7.28. The third-order valence-electron chi connectivity index (χ3n) is 5.31. The van der Waals surface area contributed by atoms with E-state index < -0.39 is 24.0 Å². The number of carbonyl (C=O) groups is 3. The molecular weight excluding hydrogens is 396 g/mol. The molecule has 0 heterocycles. The molecule has 0 aliphatic heterocycles. The Labute approximate surface area is 181 Å². The van der Waals surface area contributed by atoms with Crippen molar-refractivity contribution >= 4 is 18.0 Å². The molecule has 0 saturated carbocycles. The molecule has 1 atom stereocenters. The van der Waals surface area contributed by atoms with Crippen molar-refractivity contribution in [2.75, 3.05) is 13.2 Å². The molecule has 0 fully saturated rings. The highest BCUT2D eigenvalue weighted by atomic mass is 16.5. The minimum atomic E-state index is -1.06. The van der Waals surface area contributed by atoms with Crippen molar-refractivity contribution < 1.29 is 24.2 Å². The van der Waals surface area contributed by atoms with Crippen molar-refractivity contribution in [2.24, 2.45) is 5.92 Å². The Bertz CT molecular complexity index is 911. The van der Waals surface area contributed by atoms with E-state index in [1.54, 1.807) is 0 Å². The zero-order valence-electron chi connectivity index (χ0n) is 17.8. The van der Waals surface area contributed by atoms with Gasteiger partial charge in [0.1, 0.15) is 12.6 Å². The van der Waals surface area contributed by atoms with Gasteiger partial charge in [-0.15, -0.1) is 0 Å². The average molecular weight is 424 g/mol. The Hall–Kier alpha value is -3.35. The van der Waals surface area contributed by atoms with Gasteiger partial charge in [0.2, 0.25) is 5.91 Å². The van der Waals surface area contributed by atoms with Crippen LogP contribution in [0.3, 0.4) is 0 Å². The Morgan fingerprint density at radius 3 is 2.13 bits per heavy atom. The highest BCUT2D eigenvalue weighted by Gasteiger charge is 2.29. The van der Waals surface area contributed by atoms with E-state index in [-0.39, 0.29) is 31.4 Å². The van der Waals surface area contributed by atoms with Crippen LogP contribution in [0.4, 0.5) is 4.79 Å². The molecule has 7 heteroatoms. The number of carboxylic acids is 1. The maximum absolute atomic E-state index is 12.1. The van der Waals surface area contributed by atoms with Crippen LogP contribution in [0.15, 0.2) is 48.5 Å². The van der Waals surface area contributed by atoms with E-state index in [4.69, 9.17) is 4.74 Å². The zero-order chi connectivity index (χ0) is 22.4. The zero-order valence-corrected chi connectivity index (χ0v) is 17.8. The van der Waals surface area contributed by atoms with Crippen molar-refractivity contribution in [3.63, 3.8) is 0 Å². The number of aliphatic carboxylic acids is 1. The summed E-state index contributed by atoms with van der Waals surface area (Å²) >= 11 is 0. The van der Waals surface area contributed by atoms with Crippen LogP contribution < -0.4 is 10.6 Å². The molecule has 0 spiro atoms. The molecule has 3 rings (SSSR count). The fourth-order valence-electron chi connectivity index (χ4n) is 3.89. The second-order valence-electron chi connectivity index (χ2n) is 8.09. The molecule has 0 bridgehead atoms. The van der Waals surface area contributed by atoms with E-state index in [0.29, 0.717) is 6.42 Å². The number of rotatable bonds is 9. The molecular formula is C24H28N2O5. The van der Waals surface area contributed by atoms with E-state index in [1.807, 2.05) is 50.2 Å². The van der Waals surface area contributed by atoms with E-state index in [2.05, 4.69) is 22.8 Å². The summed E-state index contributed by atoms with van der Waals surface area (Å²) in [4.78, 5) is 35.4. The highest BCUT2D eigenvalue weighted by Crippen LogP contribution is 2.44. The van der Waals surface area contributed by atoms with E-state index in [0.717, 1.165) is 22.3 Å². The lowest BCUT2D eigenvalue weighted by Crippen LogP contribution is -2.42. The first-order valence-electron chi connectivity index (χ1n) is 10.5. The van der Waals surface area contributed by atoms with Crippen molar-refractivity contribution in [2.45, 2.75) is 38.6 Å². The highest BCUT2D eigenvalue weighted by molar-refractivity contribution is 5.84. The van der Waals surface area contributed by atoms with Crippen molar-refractivity contribution in [1.29, 1.82) is 0 Å². The monoisotopic (exact) mass is 424 g/mol. The SMILES string of the molecule is CC(C)C[C@H](NC(=O)CCNC(=O)OCC1c2ccccc2-c2ccccc21)C(=O)O. The number of hydrogen-bond donors (Lipinski definition) is 3. The number of carboxylic acid groups (broad SMARTS) is 1. The van der Waals surface area contributed by atoms with E-state index >= 15 is 0 Å². The quantitative estimate of drug-likeness (QED) is 0.571. The third-order valence-corrected chi connectivity index (χ3v) is 5.31. The van der Waals surface area contributed by atoms with Crippen LogP contribution in [0.1, 0.15) is 43.7 Å². The normalized spacial score (nSPS) is 13.3. The lowest BCUT2D eigenvalue weighted by molar-refractivity contribution is -0.142. The van der Waals surface area contributed by atoms with Gasteiger partial charge in [-0.1, -0.05) is 62.4 Å². The summed E-state index contributed by atoms with van der Waals surface area (Å²) in [7, 11) is 0. The second-order valence-corrected chi connectivity index (χ2v) is 8.09. The summed E-state index contributed by atoms with van der Waals surface area (Å²) in [6.45, 7) is 4.04. The lowest BCUT2D eigenvalue weighted by Gasteiger charge is -2.17. The Morgan fingerprint density at radius 2 is 1.58 bits per heavy atom. The summed E-state index contributed by atoms with van der Waals surface area (Å²) in [5.74, 6) is -1.38. The van der Waals surface area contributed by atoms with E-state index in [1.165, 1.54) is 0 Å². The van der Waals surface area contributed by atoms with Crippen LogP contribution in [0.5, 0.6) is 0 Å². The molecule has 2 aromatic rings. The van der Waals surface area contributed by atoms with Gasteiger partial charge in [0, 0.05) is 18.9 Å². The number of alkyl carbamates (subject to hydrolysis) is 1. The number of fused-ring (bicyclic) bond motifs is 3. The van der Waals surface area contributed by atoms with Crippen molar-refractivity contribution in [1.82, 2.24) is 10.6 Å². The number of carbonyl (C=O) groups excluding carboxylic acids is 2. The fourth-order valence-corrected chi connectivity index (χ4v) is 3.89. The summed E-state index contributed by atoms with van der Waals surface area (Å²) in [5, 5.41) is 14.2. The summed E-state index contributed by atoms with van der Waals surface area (Å²) in [5.41, 5.74) is 4.55. The van der Waals surface area contributed by atoms with Crippen LogP contribution >= 0.6 is 0 Å². The van der Waals surface area contributed by atoms with Gasteiger partial charge in [-0.2, -0.15) is 0 Å². The van der Waals surface area contributed by atoms with Gasteiger partial charge < -0.3 is 20.5 Å². The van der Waals surface area contributed by atoms with Gasteiger partial charge in [0.15, 0.2) is 0 Å². The van der Waals surface area contributed by atoms with Gasteiger partial charge >= 0.3 is 12.1 Å². The van der Waals surface area contributed by atoms with Crippen LogP contribution in [0.25, 0.3) is 11.1 Å². The predicted octanol–water partition coefficient (Wildman–Crippen LogP) is 3.53. The molecule has 0 saturated heterocycles. The standard InChI is InChI=1S/C24H28N2O5/c1-15(2)13-21(23(28)29)26-22(27)11-12-25-24(30)31-14-20-18-9-5-3-7-16(18)17-8-4-6-10-19(17)20/h3-10,15,20-21H,11-14H2,1-2H3,(H,25,30)(H,26,27)(H,28,29)/t21-/m0/s1. The smallest absolute Gasteiger partial charge is 0.407 e. The summed E-state index contributed by atoms with van der Waals surface area (Å²) in [6.07, 6.45) is -0.279. The van der Waals surface area contributed by atoms with E-state index in [9.17, 15) is 19.5 Å². The summed E-state index contributed by atoms with van der Waals surface area (Å²) < 4.78 is 5.42. The Balaban J connectivity index is 1.47. The van der Waals surface area contributed by atoms with Gasteiger partial charge in [0.05, 0.1) is 0 Å². The molecule has 31 heavy (non-hydrogen) atoms. The molecule has 164 valence electrons. The molecule has 1 aliphatic rings. The summed E-state index contributed by atoms with van der Waals surface area (Å²) in [6, 6.07) is 15.2. The molecule has 3 N–H and O–H groups in total. The van der Waals surface area contributed by atoms with Crippen molar-refractivity contribution in [3.05, 3.63) is 59.7 Å².